The van der Waals surface area contributed by atoms with Gasteiger partial charge in [0.15, 0.2) is 0 Å². The van der Waals surface area contributed by atoms with Gasteiger partial charge in [-0.25, -0.2) is 9.59 Å². The number of phenolic OH excluding ortho intramolecular Hbond substituents is 1. The molecule has 2 saturated carbocycles. The molecule has 15 rings (SSSR count). The number of carbonyl (C=O) groups excluding carboxylic acids is 2. The zero-order valence-electron chi connectivity index (χ0n) is 55.3. The molecule has 4 fully saturated rings. The second kappa shape index (κ2) is 27.7. The Balaban J connectivity index is 0.990. The fraction of sp³-hybridized carbons (Fsp3) is 0.550. The van der Waals surface area contributed by atoms with Crippen LogP contribution in [0.4, 0.5) is 0 Å². The van der Waals surface area contributed by atoms with Crippen molar-refractivity contribution in [3.8, 4) is 28.7 Å². The van der Waals surface area contributed by atoms with Crippen LogP contribution in [0, 0.1) is 75.9 Å². The van der Waals surface area contributed by atoms with E-state index in [0.717, 1.165) is 149 Å². The van der Waals surface area contributed by atoms with E-state index in [1.165, 1.54) is 28.7 Å². The molecule has 6 aliphatic heterocycles. The number of nitrogens with one attached hydrogen (secondary N) is 5. The summed E-state index contributed by atoms with van der Waals surface area (Å²) in [6.07, 6.45) is 19.0. The largest absolute Gasteiger partial charge is 0.508 e. The predicted octanol–water partition coefficient (Wildman–Crippen LogP) is 13.1. The molecule has 5 aliphatic carbocycles. The van der Waals surface area contributed by atoms with Crippen molar-refractivity contribution in [3.05, 3.63) is 165 Å². The van der Waals surface area contributed by atoms with E-state index in [1.807, 2.05) is 25.1 Å². The van der Waals surface area contributed by atoms with Gasteiger partial charge < -0.3 is 51.4 Å². The number of phenols is 1. The standard InChI is InChI=1S/C80H101N5O7/c1-6-31-81-47-56-36-53-26-33-82-46-54-17-11-19-57(38-54)62-21-20-61(87)43-66(62)71-63-24-30-80(69(92-77(89)74(71)80)41-51(7-2)35-52-15-9-8-10-16-52)73-64(63)22-23-65-68(91-76(88)72(65)73)25-29-79(60-27-34-84-70(42-60)83-32-13-14-50(3)4)44-59-39-55(48-86)18-12-28-78(5,90)49-85-75(67(59)45-79)58(37-53)40-56/h8-11,15-17,19-21,25,36-38,40-41,43,50-51,55,59-60,63-64,67,70,73,75,81-87,90H,6-7,13-14,22-24,26-35,39,42,44-49H2,1-5H3. The first kappa shape index (κ1) is 64.6. The van der Waals surface area contributed by atoms with Gasteiger partial charge in [-0.15, -0.1) is 0 Å². The van der Waals surface area contributed by atoms with Gasteiger partial charge in [0, 0.05) is 55.1 Å². The number of benzene rings is 4. The van der Waals surface area contributed by atoms with Gasteiger partial charge >= 0.3 is 11.9 Å². The number of carbonyl (C=O) groups is 2. The first-order valence-corrected chi connectivity index (χ1v) is 35.5. The molecule has 92 heavy (non-hydrogen) atoms. The van der Waals surface area contributed by atoms with Gasteiger partial charge in [0.25, 0.3) is 0 Å². The molecule has 1 spiro atoms. The van der Waals surface area contributed by atoms with E-state index >= 15 is 9.59 Å². The number of esters is 2. The van der Waals surface area contributed by atoms with Gasteiger partial charge in [0.2, 0.25) is 0 Å². The van der Waals surface area contributed by atoms with Crippen LogP contribution in [0.3, 0.4) is 0 Å². The van der Waals surface area contributed by atoms with Crippen LogP contribution in [0.15, 0.2) is 131 Å². The highest BCUT2D eigenvalue weighted by Gasteiger charge is 2.69. The van der Waals surface area contributed by atoms with Crippen LogP contribution in [0.25, 0.3) is 16.7 Å². The minimum absolute atomic E-state index is 0.00306. The first-order chi connectivity index (χ1) is 44.7. The van der Waals surface area contributed by atoms with Crippen molar-refractivity contribution in [2.24, 2.45) is 64.1 Å². The third-order valence-corrected chi connectivity index (χ3v) is 23.2. The number of aromatic hydroxyl groups is 1. The average molecular weight is 1240 g/mol. The van der Waals surface area contributed by atoms with Gasteiger partial charge in [-0.1, -0.05) is 112 Å². The fourth-order valence-electron chi connectivity index (χ4n) is 18.9. The number of allylic oxidation sites excluding steroid dienone is 5. The lowest BCUT2D eigenvalue weighted by Gasteiger charge is -2.56. The number of cyclic esters (lactones) is 1. The zero-order valence-corrected chi connectivity index (χ0v) is 55.3. The molecule has 0 radical (unpaired) electrons. The summed E-state index contributed by atoms with van der Waals surface area (Å²) >= 11 is 0. The molecule has 8 N–H and O–H groups in total. The number of aliphatic hydroxyl groups excluding tert-OH is 1. The number of fused-ring (bicyclic) bond motifs is 5. The summed E-state index contributed by atoms with van der Waals surface area (Å²) in [6, 6.07) is 32.0. The Morgan fingerprint density at radius 1 is 0.837 bits per heavy atom. The maximum atomic E-state index is 15.6. The van der Waals surface area contributed by atoms with Crippen molar-refractivity contribution in [3.63, 3.8) is 0 Å². The summed E-state index contributed by atoms with van der Waals surface area (Å²) in [7, 11) is 0. The highest BCUT2D eigenvalue weighted by atomic mass is 16.6. The van der Waals surface area contributed by atoms with E-state index in [-0.39, 0.29) is 83.3 Å². The second-order valence-corrected chi connectivity index (χ2v) is 29.9. The third-order valence-electron chi connectivity index (χ3n) is 23.2. The molecule has 4 aromatic carbocycles. The molecular formula is C80H101N5O7. The Labute approximate surface area is 547 Å². The summed E-state index contributed by atoms with van der Waals surface area (Å²) < 4.78 is 13.7. The monoisotopic (exact) mass is 1240 g/mol. The second-order valence-electron chi connectivity index (χ2n) is 29.9. The van der Waals surface area contributed by atoms with Crippen LogP contribution in [-0.2, 0) is 45.0 Å². The molecule has 488 valence electrons. The molecule has 2 saturated heterocycles. The van der Waals surface area contributed by atoms with Gasteiger partial charge in [-0.3, -0.25) is 0 Å². The Kier molecular flexibility index (Phi) is 19.4. The van der Waals surface area contributed by atoms with Crippen molar-refractivity contribution < 1.29 is 34.4 Å². The number of β-amino-alcohol motifs (C(OH)–C–C–N with tert-alkyl or cyclic N) is 1. The summed E-state index contributed by atoms with van der Waals surface area (Å²) in [5.41, 5.74) is 9.94. The normalized spacial score (nSPS) is 31.8. The van der Waals surface area contributed by atoms with E-state index in [1.54, 1.807) is 6.07 Å². The molecule has 11 aliphatic rings. The fourth-order valence-corrected chi connectivity index (χ4v) is 18.9. The summed E-state index contributed by atoms with van der Waals surface area (Å²) in [5.74, 6) is 8.33. The van der Waals surface area contributed by atoms with Crippen molar-refractivity contribution in [1.29, 1.82) is 0 Å². The van der Waals surface area contributed by atoms with Crippen molar-refractivity contribution >= 4 is 17.5 Å². The maximum Gasteiger partial charge on any atom is 0.340 e. The van der Waals surface area contributed by atoms with Gasteiger partial charge in [-0.05, 0) is 263 Å². The van der Waals surface area contributed by atoms with Crippen LogP contribution in [0.2, 0.25) is 0 Å². The van der Waals surface area contributed by atoms with Crippen LogP contribution in [-0.4, -0.2) is 78.4 Å². The van der Waals surface area contributed by atoms with Gasteiger partial charge in [0.1, 0.15) is 17.3 Å². The lowest BCUT2D eigenvalue weighted by Crippen LogP contribution is -2.52. The maximum absolute atomic E-state index is 15.6. The Bertz CT molecular complexity index is 3570. The Hall–Kier alpha value is -6.14. The highest BCUT2D eigenvalue weighted by Crippen LogP contribution is 2.72. The number of piperidine rings is 1. The summed E-state index contributed by atoms with van der Waals surface area (Å²) in [4.78, 5) is 31.1. The molecule has 14 bridgehead atoms. The molecule has 12 nitrogen and oxygen atoms in total. The van der Waals surface area contributed by atoms with Crippen molar-refractivity contribution in [1.82, 2.24) is 26.6 Å². The summed E-state index contributed by atoms with van der Waals surface area (Å²) in [5, 5.41) is 54.6. The SMILES string of the molecule is CCCNCc1cc2cc(c1)C1NCC(C)(O)CC#CC(CO)CC3CC(C4CCNC(NCCCC(C)C)C4)(CC=C4OC(=O)C5=C4CCC4C6CCC7(C(=CC(CC)Cc8ccccc8)OC(=O)C7=C6c6cc(O)ccc6-c6cccc(c6)CNCC2)C54)CC31. The van der Waals surface area contributed by atoms with E-state index in [4.69, 9.17) is 9.47 Å². The number of aliphatic hydroxyl groups is 2. The molecule has 0 amide bonds. The predicted molar refractivity (Wildman–Crippen MR) is 364 cm³/mol. The highest BCUT2D eigenvalue weighted by molar-refractivity contribution is 6.07. The summed E-state index contributed by atoms with van der Waals surface area (Å²) in [6.45, 7) is 16.1. The molecular weight excluding hydrogens is 1140 g/mol. The van der Waals surface area contributed by atoms with Crippen LogP contribution >= 0.6 is 0 Å². The first-order valence-electron chi connectivity index (χ1n) is 35.5. The van der Waals surface area contributed by atoms with Gasteiger partial charge in [-0.2, -0.15) is 0 Å². The number of ether oxygens (including phenoxy) is 2. The lowest BCUT2D eigenvalue weighted by atomic mass is 9.44. The van der Waals surface area contributed by atoms with Crippen LogP contribution < -0.4 is 26.6 Å². The van der Waals surface area contributed by atoms with Crippen molar-refractivity contribution in [2.45, 2.75) is 175 Å². The zero-order chi connectivity index (χ0) is 63.7. The smallest absolute Gasteiger partial charge is 0.340 e. The van der Waals surface area contributed by atoms with Crippen molar-refractivity contribution in [2.75, 3.05) is 39.3 Å². The molecule has 12 heteroatoms. The molecule has 0 aromatic heterocycles. The minimum Gasteiger partial charge on any atom is -0.508 e. The Morgan fingerprint density at radius 2 is 1.71 bits per heavy atom. The van der Waals surface area contributed by atoms with Crippen LogP contribution in [0.1, 0.15) is 170 Å². The molecule has 13 unspecified atom stereocenters. The molecule has 13 atom stereocenters. The topological polar surface area (TPSA) is 173 Å². The van der Waals surface area contributed by atoms with Crippen LogP contribution in [0.5, 0.6) is 5.75 Å². The van der Waals surface area contributed by atoms with E-state index in [2.05, 4.69) is 145 Å². The minimum atomic E-state index is -1.11. The quantitative estimate of drug-likeness (QED) is 0.0322. The third kappa shape index (κ3) is 13.1. The number of hydrogen-bond donors (Lipinski definition) is 8. The average Bonchev–Trinajstić information content (AvgIpc) is 1.39. The van der Waals surface area contributed by atoms with Gasteiger partial charge in [0.05, 0.1) is 29.4 Å². The lowest BCUT2D eigenvalue weighted by molar-refractivity contribution is -0.135. The van der Waals surface area contributed by atoms with E-state index < -0.39 is 11.0 Å². The molecule has 6 heterocycles. The number of rotatable bonds is 15. The number of hydrogen-bond acceptors (Lipinski definition) is 12. The van der Waals surface area contributed by atoms with E-state index in [9.17, 15) is 15.3 Å². The Morgan fingerprint density at radius 3 is 2.53 bits per heavy atom. The van der Waals surface area contributed by atoms with E-state index in [0.29, 0.717) is 67.7 Å². The molecule has 4 aromatic rings.